The minimum Gasteiger partial charge on any atom is -0.508 e. The van der Waals surface area contributed by atoms with Crippen LogP contribution in [0.5, 0.6) is 5.75 Å². The molecular formula is C8H12BrClN2O. The minimum atomic E-state index is -0.303. The highest BCUT2D eigenvalue weighted by atomic mass is 79.9. The van der Waals surface area contributed by atoms with E-state index in [9.17, 15) is 5.11 Å². The Morgan fingerprint density at radius 1 is 1.46 bits per heavy atom. The van der Waals surface area contributed by atoms with Crippen molar-refractivity contribution in [3.8, 4) is 5.75 Å². The smallest absolute Gasteiger partial charge is 0.120 e. The molecule has 0 fully saturated rings. The molecule has 0 saturated heterocycles. The molecule has 0 aliphatic carbocycles. The summed E-state index contributed by atoms with van der Waals surface area (Å²) >= 11 is 3.29. The van der Waals surface area contributed by atoms with Gasteiger partial charge in [0.05, 0.1) is 0 Å². The van der Waals surface area contributed by atoms with E-state index in [0.29, 0.717) is 12.1 Å². The van der Waals surface area contributed by atoms with E-state index in [0.717, 1.165) is 4.47 Å². The summed E-state index contributed by atoms with van der Waals surface area (Å²) in [5.41, 5.74) is 11.7. The average molecular weight is 268 g/mol. The Kier molecular flexibility index (Phi) is 5.32. The summed E-state index contributed by atoms with van der Waals surface area (Å²) in [4.78, 5) is 0. The maximum atomic E-state index is 9.38. The van der Waals surface area contributed by atoms with E-state index >= 15 is 0 Å². The summed E-state index contributed by atoms with van der Waals surface area (Å²) in [6.07, 6.45) is 0. The Morgan fingerprint density at radius 3 is 2.62 bits per heavy atom. The van der Waals surface area contributed by atoms with Crippen LogP contribution in [0.4, 0.5) is 0 Å². The molecule has 0 bridgehead atoms. The van der Waals surface area contributed by atoms with Crippen molar-refractivity contribution in [2.24, 2.45) is 11.5 Å². The lowest BCUT2D eigenvalue weighted by Gasteiger charge is -2.10. The lowest BCUT2D eigenvalue weighted by Crippen LogP contribution is -2.20. The molecule has 13 heavy (non-hydrogen) atoms. The standard InChI is InChI=1S/C8H11BrN2O.ClH/c9-5-1-2-8(12)6(3-5)7(11)4-10;/h1-3,7,12H,4,10-11H2;1H/t7-;/m1./s1. The van der Waals surface area contributed by atoms with E-state index in [1.165, 1.54) is 0 Å². The highest BCUT2D eigenvalue weighted by Gasteiger charge is 2.08. The van der Waals surface area contributed by atoms with Crippen molar-refractivity contribution in [3.05, 3.63) is 28.2 Å². The van der Waals surface area contributed by atoms with E-state index in [1.54, 1.807) is 18.2 Å². The normalized spacial score (nSPS) is 11.9. The fraction of sp³-hybridized carbons (Fsp3) is 0.250. The highest BCUT2D eigenvalue weighted by Crippen LogP contribution is 2.25. The van der Waals surface area contributed by atoms with Crippen molar-refractivity contribution in [3.63, 3.8) is 0 Å². The predicted octanol–water partition coefficient (Wildman–Crippen LogP) is 1.53. The number of aromatic hydroxyl groups is 1. The van der Waals surface area contributed by atoms with Gasteiger partial charge in [-0.3, -0.25) is 0 Å². The topological polar surface area (TPSA) is 72.3 Å². The van der Waals surface area contributed by atoms with Crippen molar-refractivity contribution >= 4 is 28.3 Å². The molecule has 0 heterocycles. The molecule has 1 atom stereocenters. The van der Waals surface area contributed by atoms with Crippen LogP contribution in [-0.2, 0) is 0 Å². The Balaban J connectivity index is 0.00000144. The third kappa shape index (κ3) is 3.15. The molecule has 1 aromatic rings. The summed E-state index contributed by atoms with van der Waals surface area (Å²) in [5, 5.41) is 9.38. The molecule has 1 rings (SSSR count). The van der Waals surface area contributed by atoms with Crippen molar-refractivity contribution in [1.82, 2.24) is 0 Å². The highest BCUT2D eigenvalue weighted by molar-refractivity contribution is 9.10. The average Bonchev–Trinajstić information content (AvgIpc) is 2.08. The molecule has 0 radical (unpaired) electrons. The second-order valence-corrected chi connectivity index (χ2v) is 3.46. The van der Waals surface area contributed by atoms with Crippen LogP contribution < -0.4 is 11.5 Å². The van der Waals surface area contributed by atoms with Crippen LogP contribution in [0.2, 0.25) is 0 Å². The number of hydrogen-bond donors (Lipinski definition) is 3. The SMILES string of the molecule is Cl.NC[C@@H](N)c1cc(Br)ccc1O. The van der Waals surface area contributed by atoms with Crippen LogP contribution >= 0.6 is 28.3 Å². The van der Waals surface area contributed by atoms with E-state index in [1.807, 2.05) is 0 Å². The second kappa shape index (κ2) is 5.44. The van der Waals surface area contributed by atoms with E-state index in [-0.39, 0.29) is 24.2 Å². The maximum Gasteiger partial charge on any atom is 0.120 e. The summed E-state index contributed by atoms with van der Waals surface area (Å²) < 4.78 is 0.888. The van der Waals surface area contributed by atoms with Gasteiger partial charge in [0.2, 0.25) is 0 Å². The quantitative estimate of drug-likeness (QED) is 0.761. The van der Waals surface area contributed by atoms with Crippen LogP contribution in [0.25, 0.3) is 0 Å². The monoisotopic (exact) mass is 266 g/mol. The van der Waals surface area contributed by atoms with Gasteiger partial charge in [0.25, 0.3) is 0 Å². The van der Waals surface area contributed by atoms with Crippen LogP contribution in [0, 0.1) is 0 Å². The van der Waals surface area contributed by atoms with Gasteiger partial charge in [-0.1, -0.05) is 15.9 Å². The number of benzene rings is 1. The molecule has 0 spiro atoms. The third-order valence-electron chi connectivity index (χ3n) is 1.64. The second-order valence-electron chi connectivity index (χ2n) is 2.55. The fourth-order valence-electron chi connectivity index (χ4n) is 0.949. The number of nitrogens with two attached hydrogens (primary N) is 2. The maximum absolute atomic E-state index is 9.38. The molecule has 0 amide bonds. The molecule has 0 aliphatic heterocycles. The zero-order chi connectivity index (χ0) is 9.14. The van der Waals surface area contributed by atoms with E-state index < -0.39 is 0 Å². The molecule has 1 aromatic carbocycles. The molecule has 0 aliphatic rings. The largest absolute Gasteiger partial charge is 0.508 e. The molecule has 0 aromatic heterocycles. The number of phenols is 1. The minimum absolute atomic E-state index is 0. The summed E-state index contributed by atoms with van der Waals surface area (Å²) in [6.45, 7) is 0.323. The van der Waals surface area contributed by atoms with Gasteiger partial charge in [-0.25, -0.2) is 0 Å². The number of rotatable bonds is 2. The Morgan fingerprint density at radius 2 is 2.08 bits per heavy atom. The van der Waals surface area contributed by atoms with Crippen molar-refractivity contribution < 1.29 is 5.11 Å². The van der Waals surface area contributed by atoms with Crippen LogP contribution in [0.1, 0.15) is 11.6 Å². The predicted molar refractivity (Wildman–Crippen MR) is 59.0 cm³/mol. The van der Waals surface area contributed by atoms with E-state index in [2.05, 4.69) is 15.9 Å². The molecule has 3 nitrogen and oxygen atoms in total. The van der Waals surface area contributed by atoms with Gasteiger partial charge in [-0.05, 0) is 18.2 Å². The fourth-order valence-corrected chi connectivity index (χ4v) is 1.33. The summed E-state index contributed by atoms with van der Waals surface area (Å²) in [6, 6.07) is 4.81. The van der Waals surface area contributed by atoms with E-state index in [4.69, 9.17) is 11.5 Å². The van der Waals surface area contributed by atoms with Crippen LogP contribution in [-0.4, -0.2) is 11.7 Å². The Bertz CT molecular complexity index is 283. The number of halogens is 2. The Hall–Kier alpha value is -0.290. The van der Waals surface area contributed by atoms with Gasteiger partial charge < -0.3 is 16.6 Å². The molecule has 74 valence electrons. The van der Waals surface area contributed by atoms with Gasteiger partial charge in [0.15, 0.2) is 0 Å². The van der Waals surface area contributed by atoms with Crippen molar-refractivity contribution in [1.29, 1.82) is 0 Å². The van der Waals surface area contributed by atoms with Gasteiger partial charge in [-0.2, -0.15) is 0 Å². The first kappa shape index (κ1) is 12.7. The first-order valence-corrected chi connectivity index (χ1v) is 4.38. The van der Waals surface area contributed by atoms with Gasteiger partial charge >= 0.3 is 0 Å². The van der Waals surface area contributed by atoms with Crippen LogP contribution in [0.15, 0.2) is 22.7 Å². The van der Waals surface area contributed by atoms with Crippen molar-refractivity contribution in [2.75, 3.05) is 6.54 Å². The Labute approximate surface area is 91.7 Å². The molecule has 0 unspecified atom stereocenters. The van der Waals surface area contributed by atoms with Gasteiger partial charge in [0.1, 0.15) is 5.75 Å². The summed E-state index contributed by atoms with van der Waals surface area (Å²) in [7, 11) is 0. The molecule has 5 heteroatoms. The summed E-state index contributed by atoms with van der Waals surface area (Å²) in [5.74, 6) is 0.191. The first-order valence-electron chi connectivity index (χ1n) is 3.59. The number of hydrogen-bond acceptors (Lipinski definition) is 3. The number of phenolic OH excluding ortho intramolecular Hbond substituents is 1. The van der Waals surface area contributed by atoms with Crippen LogP contribution in [0.3, 0.4) is 0 Å². The van der Waals surface area contributed by atoms with Gasteiger partial charge in [-0.15, -0.1) is 12.4 Å². The molecule has 5 N–H and O–H groups in total. The lowest BCUT2D eigenvalue weighted by molar-refractivity contribution is 0.462. The van der Waals surface area contributed by atoms with Crippen molar-refractivity contribution in [2.45, 2.75) is 6.04 Å². The first-order chi connectivity index (χ1) is 5.65. The zero-order valence-electron chi connectivity index (χ0n) is 6.90. The zero-order valence-corrected chi connectivity index (χ0v) is 9.31. The third-order valence-corrected chi connectivity index (χ3v) is 2.14. The van der Waals surface area contributed by atoms with Gasteiger partial charge in [0, 0.05) is 22.6 Å². The molecular weight excluding hydrogens is 255 g/mol. The molecule has 0 saturated carbocycles. The lowest BCUT2D eigenvalue weighted by atomic mass is 10.1.